The van der Waals surface area contributed by atoms with Crippen LogP contribution in [0.5, 0.6) is 0 Å². The lowest BCUT2D eigenvalue weighted by Crippen LogP contribution is -2.22. The molecular formula is C10H9F4NO2. The highest BCUT2D eigenvalue weighted by Crippen LogP contribution is 2.24. The first kappa shape index (κ1) is 13.3. The summed E-state index contributed by atoms with van der Waals surface area (Å²) in [5, 5.41) is 10.7. The Hall–Kier alpha value is -1.79. The van der Waals surface area contributed by atoms with Crippen LogP contribution in [0.2, 0.25) is 0 Å². The number of anilines is 1. The molecule has 7 heteroatoms. The van der Waals surface area contributed by atoms with Gasteiger partial charge in [0.15, 0.2) is 0 Å². The Morgan fingerprint density at radius 1 is 1.41 bits per heavy atom. The molecule has 94 valence electrons. The summed E-state index contributed by atoms with van der Waals surface area (Å²) >= 11 is 0. The molecule has 1 aromatic rings. The monoisotopic (exact) mass is 251 g/mol. The summed E-state index contributed by atoms with van der Waals surface area (Å²) in [6, 6.07) is 1.89. The molecule has 0 aliphatic heterocycles. The minimum Gasteiger partial charge on any atom is -0.478 e. The van der Waals surface area contributed by atoms with E-state index in [-0.39, 0.29) is 11.3 Å². The summed E-state index contributed by atoms with van der Waals surface area (Å²) in [6.45, 7) is -0.0657. The maximum atomic E-state index is 13.1. The Labute approximate surface area is 94.1 Å². The molecule has 0 radical (unpaired) electrons. The molecule has 0 amide bonds. The third-order valence-electron chi connectivity index (χ3n) is 2.11. The number of rotatable bonds is 3. The van der Waals surface area contributed by atoms with Crippen LogP contribution in [0.1, 0.15) is 15.9 Å². The molecule has 0 heterocycles. The molecule has 0 atom stereocenters. The van der Waals surface area contributed by atoms with Crippen molar-refractivity contribution in [3.05, 3.63) is 29.1 Å². The molecule has 0 saturated heterocycles. The van der Waals surface area contributed by atoms with Crippen LogP contribution in [-0.4, -0.2) is 23.8 Å². The van der Waals surface area contributed by atoms with Crippen LogP contribution in [0.3, 0.4) is 0 Å². The van der Waals surface area contributed by atoms with E-state index in [0.29, 0.717) is 0 Å². The van der Waals surface area contributed by atoms with Crippen LogP contribution in [0.4, 0.5) is 23.2 Å². The number of hydrogen-bond acceptors (Lipinski definition) is 2. The fourth-order valence-corrected chi connectivity index (χ4v) is 1.33. The molecule has 0 aromatic heterocycles. The molecule has 0 saturated carbocycles. The fourth-order valence-electron chi connectivity index (χ4n) is 1.33. The van der Waals surface area contributed by atoms with Crippen LogP contribution >= 0.6 is 0 Å². The van der Waals surface area contributed by atoms with Crippen molar-refractivity contribution in [3.8, 4) is 0 Å². The smallest absolute Gasteiger partial charge is 0.405 e. The second kappa shape index (κ2) is 4.60. The van der Waals surface area contributed by atoms with Gasteiger partial charge in [0.05, 0.1) is 0 Å². The molecule has 0 bridgehead atoms. The highest BCUT2D eigenvalue weighted by molar-refractivity contribution is 5.91. The molecule has 0 unspecified atom stereocenters. The van der Waals surface area contributed by atoms with Gasteiger partial charge in [-0.25, -0.2) is 9.18 Å². The second-order valence-corrected chi connectivity index (χ2v) is 3.37. The van der Waals surface area contributed by atoms with Crippen LogP contribution in [0, 0.1) is 12.7 Å². The SMILES string of the molecule is Cc1c(NCC(F)(F)F)ccc(F)c1C(=O)O. The zero-order valence-corrected chi connectivity index (χ0v) is 8.73. The van der Waals surface area contributed by atoms with Crippen LogP contribution in [0.15, 0.2) is 12.1 Å². The third kappa shape index (κ3) is 3.33. The van der Waals surface area contributed by atoms with E-state index >= 15 is 0 Å². The average molecular weight is 251 g/mol. The molecular weight excluding hydrogens is 242 g/mol. The van der Waals surface area contributed by atoms with Gasteiger partial charge in [-0.05, 0) is 24.6 Å². The summed E-state index contributed by atoms with van der Waals surface area (Å²) in [4.78, 5) is 10.7. The molecule has 0 aliphatic rings. The van der Waals surface area contributed by atoms with Crippen molar-refractivity contribution < 1.29 is 27.5 Å². The van der Waals surface area contributed by atoms with Crippen LogP contribution in [-0.2, 0) is 0 Å². The van der Waals surface area contributed by atoms with Gasteiger partial charge in [-0.15, -0.1) is 0 Å². The summed E-state index contributed by atoms with van der Waals surface area (Å²) in [6.07, 6.45) is -4.43. The van der Waals surface area contributed by atoms with Crippen molar-refractivity contribution in [2.75, 3.05) is 11.9 Å². The topological polar surface area (TPSA) is 49.3 Å². The largest absolute Gasteiger partial charge is 0.478 e. The number of carbonyl (C=O) groups is 1. The van der Waals surface area contributed by atoms with E-state index < -0.39 is 30.1 Å². The lowest BCUT2D eigenvalue weighted by Gasteiger charge is -2.13. The number of benzene rings is 1. The average Bonchev–Trinajstić information content (AvgIpc) is 2.14. The fraction of sp³-hybridized carbons (Fsp3) is 0.300. The molecule has 1 rings (SSSR count). The maximum Gasteiger partial charge on any atom is 0.405 e. The molecule has 1 aromatic carbocycles. The molecule has 2 N–H and O–H groups in total. The van der Waals surface area contributed by atoms with E-state index in [0.717, 1.165) is 12.1 Å². The van der Waals surface area contributed by atoms with Gasteiger partial charge in [-0.2, -0.15) is 13.2 Å². The van der Waals surface area contributed by atoms with Crippen LogP contribution < -0.4 is 5.32 Å². The van der Waals surface area contributed by atoms with Gasteiger partial charge in [0.2, 0.25) is 0 Å². The second-order valence-electron chi connectivity index (χ2n) is 3.37. The zero-order chi connectivity index (χ0) is 13.2. The predicted octanol–water partition coefficient (Wildman–Crippen LogP) is 2.81. The Bertz CT molecular complexity index is 443. The number of halogens is 4. The van der Waals surface area contributed by atoms with Gasteiger partial charge in [0.25, 0.3) is 0 Å². The normalized spacial score (nSPS) is 11.4. The van der Waals surface area contributed by atoms with Gasteiger partial charge in [0, 0.05) is 5.69 Å². The highest BCUT2D eigenvalue weighted by Gasteiger charge is 2.27. The Balaban J connectivity index is 3.03. The molecule has 17 heavy (non-hydrogen) atoms. The van der Waals surface area contributed by atoms with E-state index in [2.05, 4.69) is 0 Å². The third-order valence-corrected chi connectivity index (χ3v) is 2.11. The predicted molar refractivity (Wildman–Crippen MR) is 52.6 cm³/mol. The number of nitrogens with one attached hydrogen (secondary N) is 1. The molecule has 0 fully saturated rings. The van der Waals surface area contributed by atoms with E-state index in [1.165, 1.54) is 6.92 Å². The number of hydrogen-bond donors (Lipinski definition) is 2. The van der Waals surface area contributed by atoms with Crippen molar-refractivity contribution >= 4 is 11.7 Å². The number of carboxylic acid groups (broad SMARTS) is 1. The summed E-state index contributed by atoms with van der Waals surface area (Å²) in [5.74, 6) is -2.50. The highest BCUT2D eigenvalue weighted by atomic mass is 19.4. The Morgan fingerprint density at radius 3 is 2.47 bits per heavy atom. The minimum absolute atomic E-state index is 0.0545. The van der Waals surface area contributed by atoms with Gasteiger partial charge in [-0.1, -0.05) is 0 Å². The van der Waals surface area contributed by atoms with Crippen molar-refractivity contribution in [3.63, 3.8) is 0 Å². The van der Waals surface area contributed by atoms with Gasteiger partial charge >= 0.3 is 12.1 Å². The van der Waals surface area contributed by atoms with Crippen molar-refractivity contribution in [1.29, 1.82) is 0 Å². The summed E-state index contributed by atoms with van der Waals surface area (Å²) in [7, 11) is 0. The lowest BCUT2D eigenvalue weighted by atomic mass is 10.1. The van der Waals surface area contributed by atoms with Crippen molar-refractivity contribution in [1.82, 2.24) is 0 Å². The van der Waals surface area contributed by atoms with E-state index in [1.807, 2.05) is 5.32 Å². The first-order valence-electron chi connectivity index (χ1n) is 4.55. The zero-order valence-electron chi connectivity index (χ0n) is 8.73. The summed E-state index contributed by atoms with van der Waals surface area (Å²) < 4.78 is 49.0. The maximum absolute atomic E-state index is 13.1. The number of aromatic carboxylic acids is 1. The van der Waals surface area contributed by atoms with Gasteiger partial charge < -0.3 is 10.4 Å². The Morgan fingerprint density at radius 2 is 2.00 bits per heavy atom. The van der Waals surface area contributed by atoms with Crippen molar-refractivity contribution in [2.24, 2.45) is 0 Å². The standard InChI is InChI=1S/C10H9F4NO2/c1-5-7(15-4-10(12,13)14)3-2-6(11)8(5)9(16)17/h2-3,15H,4H2,1H3,(H,16,17). The number of alkyl halides is 3. The summed E-state index contributed by atoms with van der Waals surface area (Å²) in [5.41, 5.74) is -0.750. The van der Waals surface area contributed by atoms with Crippen molar-refractivity contribution in [2.45, 2.75) is 13.1 Å². The quantitative estimate of drug-likeness (QED) is 0.812. The van der Waals surface area contributed by atoms with E-state index in [4.69, 9.17) is 5.11 Å². The lowest BCUT2D eigenvalue weighted by molar-refractivity contribution is -0.115. The minimum atomic E-state index is -4.43. The van der Waals surface area contributed by atoms with Gasteiger partial charge in [0.1, 0.15) is 17.9 Å². The first-order chi connectivity index (χ1) is 7.72. The van der Waals surface area contributed by atoms with Crippen LogP contribution in [0.25, 0.3) is 0 Å². The molecule has 3 nitrogen and oxygen atoms in total. The van der Waals surface area contributed by atoms with E-state index in [1.54, 1.807) is 0 Å². The first-order valence-corrected chi connectivity index (χ1v) is 4.55. The van der Waals surface area contributed by atoms with E-state index in [9.17, 15) is 22.4 Å². The Kier molecular flexibility index (Phi) is 3.59. The number of carboxylic acids is 1. The van der Waals surface area contributed by atoms with Gasteiger partial charge in [-0.3, -0.25) is 0 Å². The molecule has 0 spiro atoms. The molecule has 0 aliphatic carbocycles.